The van der Waals surface area contributed by atoms with Crippen molar-refractivity contribution in [2.45, 2.75) is 26.7 Å². The van der Waals surface area contributed by atoms with Gasteiger partial charge >= 0.3 is 0 Å². The van der Waals surface area contributed by atoms with Crippen LogP contribution in [0, 0.1) is 5.92 Å². The molecular weight excluding hydrogens is 442 g/mol. The van der Waals surface area contributed by atoms with E-state index >= 15 is 0 Å². The van der Waals surface area contributed by atoms with Crippen LogP contribution in [0.3, 0.4) is 0 Å². The van der Waals surface area contributed by atoms with Crippen LogP contribution in [-0.2, 0) is 22.4 Å². The van der Waals surface area contributed by atoms with Crippen molar-refractivity contribution in [3.63, 3.8) is 0 Å². The number of nitrogens with one attached hydrogen (secondary N) is 2. The van der Waals surface area contributed by atoms with Gasteiger partial charge < -0.3 is 20.0 Å². The van der Waals surface area contributed by atoms with Crippen molar-refractivity contribution in [2.75, 3.05) is 25.0 Å². The summed E-state index contributed by atoms with van der Waals surface area (Å²) in [6.07, 6.45) is 3.91. The highest BCUT2D eigenvalue weighted by Gasteiger charge is 2.22. The topological polar surface area (TPSA) is 117 Å². The Morgan fingerprint density at radius 2 is 1.97 bits per heavy atom. The molecule has 174 valence electrons. The zero-order chi connectivity index (χ0) is 23.6. The van der Waals surface area contributed by atoms with Gasteiger partial charge in [0, 0.05) is 36.8 Å². The Kier molecular flexibility index (Phi) is 8.71. The molecule has 0 saturated carbocycles. The molecule has 0 aliphatic heterocycles. The summed E-state index contributed by atoms with van der Waals surface area (Å²) in [7, 11) is 0. The summed E-state index contributed by atoms with van der Waals surface area (Å²) in [5.74, 6) is -0.489. The molecule has 3 aromatic heterocycles. The van der Waals surface area contributed by atoms with Crippen molar-refractivity contribution >= 4 is 34.2 Å². The number of carbonyl (C=O) groups is 3. The SMILES string of the molecule is CC(C)CN(CC(=O)Nc1nc(CC(=O)NCCc2ccccn2)cs1)C(=O)c1ccco1. The average molecular weight is 470 g/mol. The van der Waals surface area contributed by atoms with E-state index in [1.54, 1.807) is 23.7 Å². The summed E-state index contributed by atoms with van der Waals surface area (Å²) < 4.78 is 5.18. The smallest absolute Gasteiger partial charge is 0.290 e. The molecule has 0 spiro atoms. The van der Waals surface area contributed by atoms with E-state index in [9.17, 15) is 14.4 Å². The second-order valence-electron chi connectivity index (χ2n) is 7.85. The molecule has 3 aromatic rings. The lowest BCUT2D eigenvalue weighted by Gasteiger charge is -2.22. The molecule has 0 aromatic carbocycles. The van der Waals surface area contributed by atoms with Gasteiger partial charge in [0.1, 0.15) is 6.54 Å². The van der Waals surface area contributed by atoms with Crippen molar-refractivity contribution < 1.29 is 18.8 Å². The Morgan fingerprint density at radius 1 is 1.12 bits per heavy atom. The van der Waals surface area contributed by atoms with Crippen molar-refractivity contribution in [1.82, 2.24) is 20.2 Å². The molecule has 0 aliphatic carbocycles. The minimum atomic E-state index is -0.365. The number of pyridine rings is 1. The third kappa shape index (κ3) is 7.83. The summed E-state index contributed by atoms with van der Waals surface area (Å²) in [5.41, 5.74) is 1.48. The van der Waals surface area contributed by atoms with Crippen LogP contribution < -0.4 is 10.6 Å². The monoisotopic (exact) mass is 469 g/mol. The van der Waals surface area contributed by atoms with E-state index in [2.05, 4.69) is 20.6 Å². The van der Waals surface area contributed by atoms with E-state index in [0.29, 0.717) is 30.3 Å². The summed E-state index contributed by atoms with van der Waals surface area (Å²) in [4.78, 5) is 47.3. The Balaban J connectivity index is 1.47. The molecule has 33 heavy (non-hydrogen) atoms. The highest BCUT2D eigenvalue weighted by molar-refractivity contribution is 7.13. The fraction of sp³-hybridized carbons (Fsp3) is 0.348. The van der Waals surface area contributed by atoms with Crippen LogP contribution in [0.2, 0.25) is 0 Å². The van der Waals surface area contributed by atoms with E-state index < -0.39 is 0 Å². The molecule has 0 unspecified atom stereocenters. The van der Waals surface area contributed by atoms with E-state index in [1.165, 1.54) is 22.5 Å². The number of rotatable bonds is 11. The van der Waals surface area contributed by atoms with E-state index in [-0.39, 0.29) is 42.4 Å². The predicted octanol–water partition coefficient (Wildman–Crippen LogP) is 2.77. The molecular formula is C23H27N5O4S. The molecule has 3 rings (SSSR count). The Labute approximate surface area is 196 Å². The minimum absolute atomic E-state index is 0.116. The Hall–Kier alpha value is -3.53. The van der Waals surface area contributed by atoms with E-state index in [4.69, 9.17) is 4.42 Å². The van der Waals surface area contributed by atoms with Crippen molar-refractivity contribution in [2.24, 2.45) is 5.92 Å². The van der Waals surface area contributed by atoms with Crippen molar-refractivity contribution in [3.8, 4) is 0 Å². The number of hydrogen-bond donors (Lipinski definition) is 2. The number of furan rings is 1. The molecule has 10 heteroatoms. The number of amides is 3. The van der Waals surface area contributed by atoms with Crippen LogP contribution in [0.15, 0.2) is 52.6 Å². The Bertz CT molecular complexity index is 1050. The molecule has 9 nitrogen and oxygen atoms in total. The summed E-state index contributed by atoms with van der Waals surface area (Å²) in [6, 6.07) is 8.87. The van der Waals surface area contributed by atoms with Gasteiger partial charge in [0.15, 0.2) is 10.9 Å². The van der Waals surface area contributed by atoms with Crippen LogP contribution in [0.5, 0.6) is 0 Å². The number of anilines is 1. The summed E-state index contributed by atoms with van der Waals surface area (Å²) in [6.45, 7) is 4.71. The molecule has 0 saturated heterocycles. The lowest BCUT2D eigenvalue weighted by atomic mass is 10.2. The van der Waals surface area contributed by atoms with Gasteiger partial charge in [-0.2, -0.15) is 0 Å². The zero-order valence-electron chi connectivity index (χ0n) is 18.6. The number of carbonyl (C=O) groups excluding carboxylic acids is 3. The van der Waals surface area contributed by atoms with Gasteiger partial charge in [-0.25, -0.2) is 4.98 Å². The van der Waals surface area contributed by atoms with E-state index in [0.717, 1.165) is 5.69 Å². The largest absolute Gasteiger partial charge is 0.459 e. The standard InChI is InChI=1S/C23H27N5O4S/c1-16(2)13-28(22(31)19-7-5-11-32-19)14-21(30)27-23-26-18(15-33-23)12-20(29)25-10-8-17-6-3-4-9-24-17/h3-7,9,11,15-16H,8,10,12-14H2,1-2H3,(H,25,29)(H,26,27,30). The average Bonchev–Trinajstić information content (AvgIpc) is 3.45. The first-order chi connectivity index (χ1) is 15.9. The van der Waals surface area contributed by atoms with Crippen molar-refractivity contribution in [3.05, 3.63) is 65.3 Å². The van der Waals surface area contributed by atoms with Gasteiger partial charge in [0.05, 0.1) is 18.4 Å². The first-order valence-electron chi connectivity index (χ1n) is 10.6. The van der Waals surface area contributed by atoms with Crippen LogP contribution in [0.1, 0.15) is 35.8 Å². The van der Waals surface area contributed by atoms with Crippen LogP contribution in [-0.4, -0.2) is 52.2 Å². The van der Waals surface area contributed by atoms with Crippen LogP contribution >= 0.6 is 11.3 Å². The molecule has 3 heterocycles. The first-order valence-corrected chi connectivity index (χ1v) is 11.5. The lowest BCUT2D eigenvalue weighted by Crippen LogP contribution is -2.40. The second kappa shape index (κ2) is 11.9. The highest BCUT2D eigenvalue weighted by atomic mass is 32.1. The fourth-order valence-corrected chi connectivity index (χ4v) is 3.82. The van der Waals surface area contributed by atoms with E-state index in [1.807, 2.05) is 32.0 Å². The molecule has 0 fully saturated rings. The fourth-order valence-electron chi connectivity index (χ4n) is 3.10. The number of hydrogen-bond acceptors (Lipinski definition) is 7. The number of nitrogens with zero attached hydrogens (tertiary/aromatic N) is 3. The normalized spacial score (nSPS) is 10.8. The van der Waals surface area contributed by atoms with Gasteiger partial charge in [-0.15, -0.1) is 11.3 Å². The number of aromatic nitrogens is 2. The zero-order valence-corrected chi connectivity index (χ0v) is 19.4. The minimum Gasteiger partial charge on any atom is -0.459 e. The third-order valence-corrected chi connectivity index (χ3v) is 5.31. The maximum absolute atomic E-state index is 12.6. The molecule has 0 radical (unpaired) electrons. The maximum atomic E-state index is 12.6. The summed E-state index contributed by atoms with van der Waals surface area (Å²) >= 11 is 1.23. The molecule has 2 N–H and O–H groups in total. The lowest BCUT2D eigenvalue weighted by molar-refractivity contribution is -0.120. The van der Waals surface area contributed by atoms with Gasteiger partial charge in [-0.3, -0.25) is 19.4 Å². The first kappa shape index (κ1) is 24.1. The highest BCUT2D eigenvalue weighted by Crippen LogP contribution is 2.16. The van der Waals surface area contributed by atoms with Crippen molar-refractivity contribution in [1.29, 1.82) is 0 Å². The summed E-state index contributed by atoms with van der Waals surface area (Å²) in [5, 5.41) is 7.66. The molecule has 0 aliphatic rings. The molecule has 0 bridgehead atoms. The number of thiazole rings is 1. The van der Waals surface area contributed by atoms with Gasteiger partial charge in [-0.05, 0) is 30.2 Å². The Morgan fingerprint density at radius 3 is 2.67 bits per heavy atom. The molecule has 0 atom stereocenters. The van der Waals surface area contributed by atoms with Gasteiger partial charge in [0.25, 0.3) is 5.91 Å². The predicted molar refractivity (Wildman–Crippen MR) is 125 cm³/mol. The van der Waals surface area contributed by atoms with Crippen LogP contribution in [0.4, 0.5) is 5.13 Å². The quantitative estimate of drug-likeness (QED) is 0.446. The molecule has 3 amide bonds. The van der Waals surface area contributed by atoms with Crippen LogP contribution in [0.25, 0.3) is 0 Å². The second-order valence-corrected chi connectivity index (χ2v) is 8.70. The maximum Gasteiger partial charge on any atom is 0.290 e. The van der Waals surface area contributed by atoms with Gasteiger partial charge in [-0.1, -0.05) is 19.9 Å². The van der Waals surface area contributed by atoms with Gasteiger partial charge in [0.2, 0.25) is 11.8 Å². The third-order valence-electron chi connectivity index (χ3n) is 4.51.